The van der Waals surface area contributed by atoms with Crippen molar-refractivity contribution in [2.24, 2.45) is 11.8 Å². The minimum atomic E-state index is 0.389. The second-order valence-corrected chi connectivity index (χ2v) is 3.96. The van der Waals surface area contributed by atoms with E-state index in [-0.39, 0.29) is 0 Å². The molecule has 1 saturated heterocycles. The Labute approximate surface area is 68.3 Å². The van der Waals surface area contributed by atoms with Crippen molar-refractivity contribution in [2.75, 3.05) is 13.2 Å². The summed E-state index contributed by atoms with van der Waals surface area (Å²) in [5.41, 5.74) is 0. The van der Waals surface area contributed by atoms with Crippen LogP contribution in [-0.2, 0) is 4.74 Å². The first-order valence-electron chi connectivity index (χ1n) is 4.71. The Bertz CT molecular complexity index is 126. The molecule has 64 valence electrons. The van der Waals surface area contributed by atoms with E-state index in [4.69, 9.17) is 4.74 Å². The average molecular weight is 155 g/mol. The molecule has 0 aromatic carbocycles. The summed E-state index contributed by atoms with van der Waals surface area (Å²) in [6, 6.07) is 0. The van der Waals surface area contributed by atoms with E-state index in [1.54, 1.807) is 0 Å². The van der Waals surface area contributed by atoms with Gasteiger partial charge in [-0.15, -0.1) is 0 Å². The monoisotopic (exact) mass is 155 g/mol. The summed E-state index contributed by atoms with van der Waals surface area (Å²) in [6.45, 7) is 4.32. The summed E-state index contributed by atoms with van der Waals surface area (Å²) < 4.78 is 5.68. The molecule has 0 aromatic heterocycles. The molecule has 0 aromatic rings. The molecular weight excluding hydrogens is 138 g/mol. The number of hydrogen-bond donors (Lipinski definition) is 1. The molecule has 2 atom stereocenters. The Kier molecular flexibility index (Phi) is 2.14. The molecule has 1 saturated carbocycles. The Morgan fingerprint density at radius 2 is 2.18 bits per heavy atom. The maximum atomic E-state index is 5.68. The minimum Gasteiger partial charge on any atom is -0.363 e. The topological polar surface area (TPSA) is 21.3 Å². The van der Waals surface area contributed by atoms with Gasteiger partial charge in [0.15, 0.2) is 0 Å². The number of hydrogen-bond acceptors (Lipinski definition) is 2. The smallest absolute Gasteiger partial charge is 0.110 e. The van der Waals surface area contributed by atoms with Crippen molar-refractivity contribution in [3.05, 3.63) is 0 Å². The fourth-order valence-electron chi connectivity index (χ4n) is 1.75. The SMILES string of the molecule is CC1CNC(C2CCC2)OC1. The predicted molar refractivity (Wildman–Crippen MR) is 44.2 cm³/mol. The summed E-state index contributed by atoms with van der Waals surface area (Å²) in [5, 5.41) is 3.45. The van der Waals surface area contributed by atoms with Crippen LogP contribution in [0.2, 0.25) is 0 Å². The third-order valence-corrected chi connectivity index (χ3v) is 2.81. The summed E-state index contributed by atoms with van der Waals surface area (Å²) in [4.78, 5) is 0. The van der Waals surface area contributed by atoms with E-state index in [1.807, 2.05) is 0 Å². The van der Waals surface area contributed by atoms with Crippen LogP contribution in [0.25, 0.3) is 0 Å². The van der Waals surface area contributed by atoms with Gasteiger partial charge >= 0.3 is 0 Å². The first-order valence-corrected chi connectivity index (χ1v) is 4.71. The number of rotatable bonds is 1. The van der Waals surface area contributed by atoms with E-state index >= 15 is 0 Å². The Morgan fingerprint density at radius 1 is 1.36 bits per heavy atom. The second-order valence-electron chi connectivity index (χ2n) is 3.96. The van der Waals surface area contributed by atoms with Crippen molar-refractivity contribution in [3.63, 3.8) is 0 Å². The standard InChI is InChI=1S/C9H17NO/c1-7-5-10-9(11-6-7)8-3-2-4-8/h7-10H,2-6H2,1H3. The fraction of sp³-hybridized carbons (Fsp3) is 1.00. The van der Waals surface area contributed by atoms with Gasteiger partial charge in [0.1, 0.15) is 6.23 Å². The van der Waals surface area contributed by atoms with E-state index < -0.39 is 0 Å². The Balaban J connectivity index is 1.77. The molecule has 0 bridgehead atoms. The van der Waals surface area contributed by atoms with E-state index in [1.165, 1.54) is 19.3 Å². The van der Waals surface area contributed by atoms with Gasteiger partial charge in [-0.25, -0.2) is 0 Å². The van der Waals surface area contributed by atoms with Gasteiger partial charge in [0.2, 0.25) is 0 Å². The van der Waals surface area contributed by atoms with Crippen LogP contribution in [0.3, 0.4) is 0 Å². The van der Waals surface area contributed by atoms with Crippen LogP contribution in [0.5, 0.6) is 0 Å². The summed E-state index contributed by atoms with van der Waals surface area (Å²) in [6.07, 6.45) is 4.53. The summed E-state index contributed by atoms with van der Waals surface area (Å²) in [5.74, 6) is 1.52. The van der Waals surface area contributed by atoms with Crippen molar-refractivity contribution in [1.82, 2.24) is 5.32 Å². The van der Waals surface area contributed by atoms with E-state index in [0.717, 1.165) is 19.1 Å². The largest absolute Gasteiger partial charge is 0.363 e. The Hall–Kier alpha value is -0.0800. The third-order valence-electron chi connectivity index (χ3n) is 2.81. The molecule has 2 heteroatoms. The lowest BCUT2D eigenvalue weighted by molar-refractivity contribution is -0.0748. The molecule has 0 radical (unpaired) electrons. The van der Waals surface area contributed by atoms with E-state index in [9.17, 15) is 0 Å². The molecule has 1 aliphatic carbocycles. The molecule has 2 aliphatic rings. The van der Waals surface area contributed by atoms with Crippen LogP contribution in [0.1, 0.15) is 26.2 Å². The lowest BCUT2D eigenvalue weighted by atomic mass is 9.83. The molecule has 1 heterocycles. The lowest BCUT2D eigenvalue weighted by Gasteiger charge is -2.38. The highest BCUT2D eigenvalue weighted by Gasteiger charge is 2.30. The molecule has 0 spiro atoms. The van der Waals surface area contributed by atoms with Gasteiger partial charge in [-0.05, 0) is 24.7 Å². The normalized spacial score (nSPS) is 40.1. The predicted octanol–water partition coefficient (Wildman–Crippen LogP) is 1.37. The van der Waals surface area contributed by atoms with Gasteiger partial charge in [-0.2, -0.15) is 0 Å². The zero-order valence-corrected chi connectivity index (χ0v) is 7.18. The van der Waals surface area contributed by atoms with Gasteiger partial charge < -0.3 is 4.74 Å². The van der Waals surface area contributed by atoms with Crippen LogP contribution in [0.15, 0.2) is 0 Å². The maximum absolute atomic E-state index is 5.68. The zero-order valence-electron chi connectivity index (χ0n) is 7.18. The van der Waals surface area contributed by atoms with Gasteiger partial charge in [0, 0.05) is 6.54 Å². The maximum Gasteiger partial charge on any atom is 0.110 e. The van der Waals surface area contributed by atoms with Crippen molar-refractivity contribution in [1.29, 1.82) is 0 Å². The second kappa shape index (κ2) is 3.11. The van der Waals surface area contributed by atoms with Gasteiger partial charge in [0.05, 0.1) is 6.61 Å². The first kappa shape index (κ1) is 7.56. The highest BCUT2D eigenvalue weighted by atomic mass is 16.5. The molecular formula is C9H17NO. The van der Waals surface area contributed by atoms with E-state index in [2.05, 4.69) is 12.2 Å². The lowest BCUT2D eigenvalue weighted by Crippen LogP contribution is -2.48. The fourth-order valence-corrected chi connectivity index (χ4v) is 1.75. The summed E-state index contributed by atoms with van der Waals surface area (Å²) >= 11 is 0. The molecule has 2 fully saturated rings. The molecule has 1 aliphatic heterocycles. The molecule has 11 heavy (non-hydrogen) atoms. The molecule has 2 unspecified atom stereocenters. The quantitative estimate of drug-likeness (QED) is 0.617. The van der Waals surface area contributed by atoms with Crippen LogP contribution in [0.4, 0.5) is 0 Å². The van der Waals surface area contributed by atoms with Gasteiger partial charge in [-0.3, -0.25) is 5.32 Å². The van der Waals surface area contributed by atoms with Crippen molar-refractivity contribution in [2.45, 2.75) is 32.4 Å². The average Bonchev–Trinajstić information content (AvgIpc) is 1.90. The molecule has 2 nitrogen and oxygen atoms in total. The van der Waals surface area contributed by atoms with Crippen LogP contribution < -0.4 is 5.32 Å². The summed E-state index contributed by atoms with van der Waals surface area (Å²) in [7, 11) is 0. The number of ether oxygens (including phenoxy) is 1. The minimum absolute atomic E-state index is 0.389. The van der Waals surface area contributed by atoms with Gasteiger partial charge in [0.25, 0.3) is 0 Å². The molecule has 0 amide bonds. The van der Waals surface area contributed by atoms with E-state index in [0.29, 0.717) is 12.1 Å². The molecule has 1 N–H and O–H groups in total. The number of nitrogens with one attached hydrogen (secondary N) is 1. The van der Waals surface area contributed by atoms with Gasteiger partial charge in [-0.1, -0.05) is 13.3 Å². The zero-order chi connectivity index (χ0) is 7.68. The van der Waals surface area contributed by atoms with Crippen molar-refractivity contribution < 1.29 is 4.74 Å². The molecule has 2 rings (SSSR count). The third kappa shape index (κ3) is 1.57. The highest BCUT2D eigenvalue weighted by molar-refractivity contribution is 4.79. The Morgan fingerprint density at radius 3 is 2.64 bits per heavy atom. The highest BCUT2D eigenvalue weighted by Crippen LogP contribution is 2.31. The van der Waals surface area contributed by atoms with Crippen LogP contribution >= 0.6 is 0 Å². The van der Waals surface area contributed by atoms with Crippen LogP contribution in [0, 0.1) is 11.8 Å². The van der Waals surface area contributed by atoms with Crippen molar-refractivity contribution in [3.8, 4) is 0 Å². The van der Waals surface area contributed by atoms with Crippen LogP contribution in [-0.4, -0.2) is 19.4 Å². The van der Waals surface area contributed by atoms with Crippen molar-refractivity contribution >= 4 is 0 Å². The first-order chi connectivity index (χ1) is 5.36.